The normalized spacial score (nSPS) is 35.8. The third-order valence-electron chi connectivity index (χ3n) is 2.49. The minimum atomic E-state index is -4.25. The molecule has 0 aromatic heterocycles. The van der Waals surface area contributed by atoms with Crippen molar-refractivity contribution in [2.45, 2.75) is 37.5 Å². The molecule has 0 atom stereocenters. The van der Waals surface area contributed by atoms with Crippen LogP contribution in [0, 0.1) is 5.92 Å². The molecule has 0 aromatic carbocycles. The van der Waals surface area contributed by atoms with Gasteiger partial charge in [-0.05, 0) is 25.7 Å². The number of hydrogen-bond acceptors (Lipinski definition) is 1. The fourth-order valence-corrected chi connectivity index (χ4v) is 1.54. The van der Waals surface area contributed by atoms with E-state index in [4.69, 9.17) is 0 Å². The molecular weight excluding hydrogens is 188 g/mol. The number of halogens is 4. The van der Waals surface area contributed by atoms with Crippen LogP contribution in [0.4, 0.5) is 17.6 Å². The molecule has 1 aliphatic rings. The molecule has 0 heterocycles. The first-order valence-electron chi connectivity index (χ1n) is 4.09. The summed E-state index contributed by atoms with van der Waals surface area (Å²) in [7, 11) is 0. The molecule has 1 aliphatic carbocycles. The van der Waals surface area contributed by atoms with E-state index in [-0.39, 0.29) is 32.0 Å². The van der Waals surface area contributed by atoms with Crippen molar-refractivity contribution in [1.82, 2.24) is 0 Å². The summed E-state index contributed by atoms with van der Waals surface area (Å²) in [5.74, 6) is -1.43. The zero-order chi connectivity index (χ0) is 10.1. The zero-order valence-electron chi connectivity index (χ0n) is 6.90. The molecule has 1 fully saturated rings. The average molecular weight is 198 g/mol. The third-order valence-corrected chi connectivity index (χ3v) is 2.49. The lowest BCUT2D eigenvalue weighted by atomic mass is 9.80. The van der Waals surface area contributed by atoms with E-state index >= 15 is 0 Å². The van der Waals surface area contributed by atoms with Gasteiger partial charge < -0.3 is 0 Å². The second kappa shape index (κ2) is 3.27. The van der Waals surface area contributed by atoms with E-state index in [1.54, 1.807) is 0 Å². The highest BCUT2D eigenvalue weighted by atomic mass is 19.4. The predicted molar refractivity (Wildman–Crippen MR) is 37.9 cm³/mol. The molecule has 0 aromatic rings. The van der Waals surface area contributed by atoms with Crippen molar-refractivity contribution in [2.75, 3.05) is 0 Å². The van der Waals surface area contributed by atoms with E-state index < -0.39 is 17.8 Å². The van der Waals surface area contributed by atoms with E-state index in [0.717, 1.165) is 0 Å². The number of alkyl halides is 4. The van der Waals surface area contributed by atoms with Crippen molar-refractivity contribution in [3.63, 3.8) is 0 Å². The van der Waals surface area contributed by atoms with Gasteiger partial charge in [0, 0.05) is 0 Å². The van der Waals surface area contributed by atoms with Crippen molar-refractivity contribution < 1.29 is 22.4 Å². The Morgan fingerprint density at radius 2 is 1.69 bits per heavy atom. The molecule has 0 N–H and O–H groups in total. The van der Waals surface area contributed by atoms with Crippen molar-refractivity contribution in [3.8, 4) is 0 Å². The molecule has 0 bridgehead atoms. The van der Waals surface area contributed by atoms with Crippen LogP contribution in [0.25, 0.3) is 0 Å². The fourth-order valence-electron chi connectivity index (χ4n) is 1.54. The molecule has 1 nitrogen and oxygen atoms in total. The Balaban J connectivity index is 2.53. The summed E-state index contributed by atoms with van der Waals surface area (Å²) in [5.41, 5.74) is -2.01. The first-order chi connectivity index (χ1) is 5.87. The summed E-state index contributed by atoms with van der Waals surface area (Å²) in [6.45, 7) is 0. The lowest BCUT2D eigenvalue weighted by Gasteiger charge is -2.30. The maximum atomic E-state index is 13.1. The second-order valence-electron chi connectivity index (χ2n) is 3.47. The maximum Gasteiger partial charge on any atom is 0.391 e. The van der Waals surface area contributed by atoms with Gasteiger partial charge in [0.2, 0.25) is 0 Å². The van der Waals surface area contributed by atoms with Gasteiger partial charge in [-0.3, -0.25) is 4.79 Å². The van der Waals surface area contributed by atoms with Crippen LogP contribution in [0.15, 0.2) is 0 Å². The SMILES string of the molecule is O=CC1(F)CCC(C(F)(F)F)CC1. The van der Waals surface area contributed by atoms with Crippen LogP contribution >= 0.6 is 0 Å². The van der Waals surface area contributed by atoms with E-state index in [1.165, 1.54) is 0 Å². The molecule has 0 spiro atoms. The summed E-state index contributed by atoms with van der Waals surface area (Å²) in [4.78, 5) is 10.2. The number of carbonyl (C=O) groups excluding carboxylic acids is 1. The summed E-state index contributed by atoms with van der Waals surface area (Å²) in [6, 6.07) is 0. The summed E-state index contributed by atoms with van der Waals surface area (Å²) in [5, 5.41) is 0. The molecule has 0 saturated heterocycles. The number of hydrogen-bond donors (Lipinski definition) is 0. The fraction of sp³-hybridized carbons (Fsp3) is 0.875. The summed E-state index contributed by atoms with van der Waals surface area (Å²) >= 11 is 0. The van der Waals surface area contributed by atoms with Gasteiger partial charge in [-0.2, -0.15) is 13.2 Å². The van der Waals surface area contributed by atoms with Crippen LogP contribution < -0.4 is 0 Å². The van der Waals surface area contributed by atoms with Crippen LogP contribution in [-0.4, -0.2) is 18.1 Å². The van der Waals surface area contributed by atoms with Crippen molar-refractivity contribution in [2.24, 2.45) is 5.92 Å². The molecule has 0 amide bonds. The van der Waals surface area contributed by atoms with Crippen LogP contribution in [-0.2, 0) is 4.79 Å². The Morgan fingerprint density at radius 3 is 2.00 bits per heavy atom. The number of carbonyl (C=O) groups is 1. The molecule has 76 valence electrons. The molecule has 1 saturated carbocycles. The highest BCUT2D eigenvalue weighted by Crippen LogP contribution is 2.41. The van der Waals surface area contributed by atoms with E-state index in [1.807, 2.05) is 0 Å². The van der Waals surface area contributed by atoms with E-state index in [0.29, 0.717) is 0 Å². The Morgan fingerprint density at radius 1 is 1.23 bits per heavy atom. The van der Waals surface area contributed by atoms with Gasteiger partial charge in [-0.15, -0.1) is 0 Å². The van der Waals surface area contributed by atoms with E-state index in [2.05, 4.69) is 0 Å². The van der Waals surface area contributed by atoms with Gasteiger partial charge in [0.05, 0.1) is 5.92 Å². The highest BCUT2D eigenvalue weighted by Gasteiger charge is 2.45. The van der Waals surface area contributed by atoms with Crippen LogP contribution in [0.5, 0.6) is 0 Å². The largest absolute Gasteiger partial charge is 0.391 e. The molecule has 0 radical (unpaired) electrons. The van der Waals surface area contributed by atoms with Crippen molar-refractivity contribution in [3.05, 3.63) is 0 Å². The predicted octanol–water partition coefficient (Wildman–Crippen LogP) is 2.65. The Hall–Kier alpha value is -0.610. The monoisotopic (exact) mass is 198 g/mol. The van der Waals surface area contributed by atoms with Gasteiger partial charge in [-0.25, -0.2) is 4.39 Å². The maximum absolute atomic E-state index is 13.1. The van der Waals surface area contributed by atoms with Gasteiger partial charge >= 0.3 is 6.18 Å². The third kappa shape index (κ3) is 2.42. The smallest absolute Gasteiger partial charge is 0.300 e. The van der Waals surface area contributed by atoms with Gasteiger partial charge in [0.1, 0.15) is 0 Å². The Labute approximate surface area is 73.1 Å². The average Bonchev–Trinajstić information content (AvgIpc) is 2.04. The first kappa shape index (κ1) is 10.5. The van der Waals surface area contributed by atoms with Crippen molar-refractivity contribution in [1.29, 1.82) is 0 Å². The minimum Gasteiger partial charge on any atom is -0.300 e. The lowest BCUT2D eigenvalue weighted by Crippen LogP contribution is -2.36. The highest BCUT2D eigenvalue weighted by molar-refractivity contribution is 5.62. The molecule has 0 unspecified atom stereocenters. The second-order valence-corrected chi connectivity index (χ2v) is 3.47. The van der Waals surface area contributed by atoms with E-state index in [9.17, 15) is 22.4 Å². The first-order valence-corrected chi connectivity index (χ1v) is 4.09. The molecule has 5 heteroatoms. The Kier molecular flexibility index (Phi) is 2.63. The van der Waals surface area contributed by atoms with Gasteiger partial charge in [0.25, 0.3) is 0 Å². The van der Waals surface area contributed by atoms with Crippen LogP contribution in [0.2, 0.25) is 0 Å². The quantitative estimate of drug-likeness (QED) is 0.467. The lowest BCUT2D eigenvalue weighted by molar-refractivity contribution is -0.188. The zero-order valence-corrected chi connectivity index (χ0v) is 6.90. The summed E-state index contributed by atoms with van der Waals surface area (Å²) < 4.78 is 49.4. The Bertz CT molecular complexity index is 191. The molecular formula is C8H10F4O. The number of rotatable bonds is 1. The number of aldehydes is 1. The topological polar surface area (TPSA) is 17.1 Å². The van der Waals surface area contributed by atoms with Gasteiger partial charge in [-0.1, -0.05) is 0 Å². The minimum absolute atomic E-state index is 0.125. The standard InChI is InChI=1S/C8H10F4O/c9-7(5-13)3-1-6(2-4-7)8(10,11)12/h5-6H,1-4H2. The van der Waals surface area contributed by atoms with Crippen molar-refractivity contribution >= 4 is 6.29 Å². The van der Waals surface area contributed by atoms with Crippen LogP contribution in [0.3, 0.4) is 0 Å². The molecule has 13 heavy (non-hydrogen) atoms. The van der Waals surface area contributed by atoms with Crippen LogP contribution in [0.1, 0.15) is 25.7 Å². The summed E-state index contributed by atoms with van der Waals surface area (Å²) in [6.07, 6.45) is -5.29. The molecule has 1 rings (SSSR count). The van der Waals surface area contributed by atoms with Gasteiger partial charge in [0.15, 0.2) is 12.0 Å². The molecule has 0 aliphatic heterocycles.